The Kier molecular flexibility index (Phi) is 6.25. The van der Waals surface area contributed by atoms with Crippen molar-refractivity contribution < 1.29 is 14.3 Å². The lowest BCUT2D eigenvalue weighted by Gasteiger charge is -2.07. The maximum Gasteiger partial charge on any atom is 0.316 e. The molecule has 0 aliphatic rings. The van der Waals surface area contributed by atoms with Crippen LogP contribution in [-0.4, -0.2) is 24.1 Å². The molecule has 0 radical (unpaired) electrons. The van der Waals surface area contributed by atoms with Gasteiger partial charge in [-0.1, -0.05) is 29.3 Å². The quantitative estimate of drug-likeness (QED) is 0.438. The summed E-state index contributed by atoms with van der Waals surface area (Å²) in [5.74, 6) is -0.469. The Balaban J connectivity index is 1.82. The lowest BCUT2D eigenvalue weighted by molar-refractivity contribution is -0.139. The number of benzene rings is 2. The second-order valence-corrected chi connectivity index (χ2v) is 6.60. The van der Waals surface area contributed by atoms with Gasteiger partial charge in [-0.05, 0) is 49.7 Å². The predicted molar refractivity (Wildman–Crippen MR) is 93.4 cm³/mol. The molecule has 0 N–H and O–H groups in total. The lowest BCUT2D eigenvalue weighted by Crippen LogP contribution is -2.15. The first-order valence-corrected chi connectivity index (χ1v) is 8.46. The van der Waals surface area contributed by atoms with Gasteiger partial charge in [0, 0.05) is 15.5 Å². The van der Waals surface area contributed by atoms with Crippen LogP contribution >= 0.6 is 23.4 Å². The van der Waals surface area contributed by atoms with Gasteiger partial charge in [-0.2, -0.15) is 0 Å². The summed E-state index contributed by atoms with van der Waals surface area (Å²) in [6.07, 6.45) is 0. The highest BCUT2D eigenvalue weighted by molar-refractivity contribution is 8.00. The number of rotatable bonds is 6. The summed E-state index contributed by atoms with van der Waals surface area (Å²) in [4.78, 5) is 24.7. The van der Waals surface area contributed by atoms with Crippen molar-refractivity contribution in [3.8, 4) is 0 Å². The second-order valence-electron chi connectivity index (χ2n) is 5.15. The topological polar surface area (TPSA) is 43.4 Å². The summed E-state index contributed by atoms with van der Waals surface area (Å²) in [5.41, 5.74) is 2.74. The standard InChI is InChI=1S/C18H17ClO3S/c1-12-3-4-13(2)17(9-12)23-11-18(21)22-10-16(20)14-5-7-15(19)8-6-14/h3-9H,10-11H2,1-2H3. The van der Waals surface area contributed by atoms with Crippen molar-refractivity contribution in [1.82, 2.24) is 0 Å². The Morgan fingerprint density at radius 2 is 1.78 bits per heavy atom. The molecule has 5 heteroatoms. The van der Waals surface area contributed by atoms with E-state index in [2.05, 4.69) is 0 Å². The fourth-order valence-electron chi connectivity index (χ4n) is 1.91. The zero-order chi connectivity index (χ0) is 16.8. The molecule has 0 saturated carbocycles. The molecule has 0 amide bonds. The molecule has 2 aromatic rings. The average Bonchev–Trinajstić information content (AvgIpc) is 2.54. The van der Waals surface area contributed by atoms with Crippen LogP contribution in [0.15, 0.2) is 47.4 Å². The van der Waals surface area contributed by atoms with Gasteiger partial charge in [-0.3, -0.25) is 9.59 Å². The summed E-state index contributed by atoms with van der Waals surface area (Å²) in [6.45, 7) is 3.75. The number of ketones is 1. The minimum absolute atomic E-state index is 0.179. The van der Waals surface area contributed by atoms with Gasteiger partial charge in [-0.25, -0.2) is 0 Å². The Morgan fingerprint density at radius 1 is 1.09 bits per heavy atom. The van der Waals surface area contributed by atoms with Crippen LogP contribution in [0.4, 0.5) is 0 Å². The van der Waals surface area contributed by atoms with Gasteiger partial charge < -0.3 is 4.74 Å². The van der Waals surface area contributed by atoms with Gasteiger partial charge in [0.05, 0.1) is 5.75 Å². The Bertz CT molecular complexity index is 711. The fraction of sp³-hybridized carbons (Fsp3) is 0.222. The number of Topliss-reactive ketones (excluding diaryl/α,β-unsaturated/α-hetero) is 1. The number of aryl methyl sites for hydroxylation is 2. The van der Waals surface area contributed by atoms with Crippen LogP contribution in [0.25, 0.3) is 0 Å². The second kappa shape index (κ2) is 8.18. The van der Waals surface area contributed by atoms with E-state index in [1.807, 2.05) is 32.0 Å². The molecule has 0 heterocycles. The Hall–Kier alpha value is -1.78. The van der Waals surface area contributed by atoms with E-state index in [1.54, 1.807) is 24.3 Å². The number of thioether (sulfide) groups is 1. The van der Waals surface area contributed by atoms with Crippen molar-refractivity contribution in [3.63, 3.8) is 0 Å². The van der Waals surface area contributed by atoms with Crippen molar-refractivity contribution in [2.45, 2.75) is 18.7 Å². The predicted octanol–water partition coefficient (Wildman–Crippen LogP) is 4.48. The van der Waals surface area contributed by atoms with Crippen LogP contribution in [0, 0.1) is 13.8 Å². The number of esters is 1. The third-order valence-electron chi connectivity index (χ3n) is 3.22. The molecule has 0 aromatic heterocycles. The average molecular weight is 349 g/mol. The molecule has 3 nitrogen and oxygen atoms in total. The summed E-state index contributed by atoms with van der Waals surface area (Å²) in [7, 11) is 0. The fourth-order valence-corrected chi connectivity index (χ4v) is 2.95. The zero-order valence-corrected chi connectivity index (χ0v) is 14.5. The van der Waals surface area contributed by atoms with E-state index in [4.69, 9.17) is 16.3 Å². The van der Waals surface area contributed by atoms with Gasteiger partial charge in [0.2, 0.25) is 0 Å². The molecule has 0 bridgehead atoms. The highest BCUT2D eigenvalue weighted by Gasteiger charge is 2.11. The number of carbonyl (C=O) groups excluding carboxylic acids is 2. The molecular weight excluding hydrogens is 332 g/mol. The van der Waals surface area contributed by atoms with E-state index in [0.29, 0.717) is 10.6 Å². The highest BCUT2D eigenvalue weighted by Crippen LogP contribution is 2.23. The summed E-state index contributed by atoms with van der Waals surface area (Å²) in [6, 6.07) is 12.6. The molecule has 0 aliphatic heterocycles. The zero-order valence-electron chi connectivity index (χ0n) is 13.0. The van der Waals surface area contributed by atoms with E-state index in [-0.39, 0.29) is 18.1 Å². The Labute approximate surface area is 145 Å². The van der Waals surface area contributed by atoms with E-state index >= 15 is 0 Å². The molecule has 0 fully saturated rings. The number of ether oxygens (including phenoxy) is 1. The molecule has 0 unspecified atom stereocenters. The van der Waals surface area contributed by atoms with Gasteiger partial charge in [0.15, 0.2) is 12.4 Å². The normalized spacial score (nSPS) is 10.4. The van der Waals surface area contributed by atoms with E-state index in [1.165, 1.54) is 11.8 Å². The van der Waals surface area contributed by atoms with Crippen LogP contribution in [-0.2, 0) is 9.53 Å². The minimum Gasteiger partial charge on any atom is -0.457 e. The van der Waals surface area contributed by atoms with Crippen LogP contribution in [0.1, 0.15) is 21.5 Å². The summed E-state index contributed by atoms with van der Waals surface area (Å²) >= 11 is 7.18. The summed E-state index contributed by atoms with van der Waals surface area (Å²) in [5, 5.41) is 0.559. The van der Waals surface area contributed by atoms with Gasteiger partial charge in [0.1, 0.15) is 0 Å². The molecule has 2 aromatic carbocycles. The van der Waals surface area contributed by atoms with Crippen LogP contribution in [0.2, 0.25) is 5.02 Å². The van der Waals surface area contributed by atoms with E-state index < -0.39 is 5.97 Å². The number of carbonyl (C=O) groups is 2. The van der Waals surface area contributed by atoms with E-state index in [0.717, 1.165) is 16.0 Å². The molecule has 0 atom stereocenters. The molecule has 2 rings (SSSR count). The minimum atomic E-state index is -0.404. The molecule has 0 aliphatic carbocycles. The number of hydrogen-bond acceptors (Lipinski definition) is 4. The third kappa shape index (κ3) is 5.41. The third-order valence-corrected chi connectivity index (χ3v) is 4.60. The van der Waals surface area contributed by atoms with Crippen molar-refractivity contribution in [2.75, 3.05) is 12.4 Å². The largest absolute Gasteiger partial charge is 0.457 e. The van der Waals surface area contributed by atoms with Crippen LogP contribution in [0.5, 0.6) is 0 Å². The maximum absolute atomic E-state index is 11.9. The summed E-state index contributed by atoms with van der Waals surface area (Å²) < 4.78 is 5.04. The maximum atomic E-state index is 11.9. The molecule has 0 spiro atoms. The Morgan fingerprint density at radius 3 is 2.48 bits per heavy atom. The smallest absolute Gasteiger partial charge is 0.316 e. The van der Waals surface area contributed by atoms with Gasteiger partial charge >= 0.3 is 5.97 Å². The van der Waals surface area contributed by atoms with Crippen LogP contribution in [0.3, 0.4) is 0 Å². The molecule has 120 valence electrons. The highest BCUT2D eigenvalue weighted by atomic mass is 35.5. The van der Waals surface area contributed by atoms with Crippen molar-refractivity contribution in [1.29, 1.82) is 0 Å². The van der Waals surface area contributed by atoms with Crippen LogP contribution < -0.4 is 0 Å². The van der Waals surface area contributed by atoms with Crippen molar-refractivity contribution in [2.24, 2.45) is 0 Å². The van der Waals surface area contributed by atoms with Gasteiger partial charge in [-0.15, -0.1) is 11.8 Å². The first kappa shape index (κ1) is 17.6. The first-order chi connectivity index (χ1) is 11.0. The SMILES string of the molecule is Cc1ccc(C)c(SCC(=O)OCC(=O)c2ccc(Cl)cc2)c1. The first-order valence-electron chi connectivity index (χ1n) is 7.10. The monoisotopic (exact) mass is 348 g/mol. The molecule has 0 saturated heterocycles. The van der Waals surface area contributed by atoms with Gasteiger partial charge in [0.25, 0.3) is 0 Å². The molecular formula is C18H17ClO3S. The van der Waals surface area contributed by atoms with E-state index in [9.17, 15) is 9.59 Å². The number of halogens is 1. The van der Waals surface area contributed by atoms with Crippen molar-refractivity contribution in [3.05, 3.63) is 64.2 Å². The molecule has 23 heavy (non-hydrogen) atoms. The number of hydrogen-bond donors (Lipinski definition) is 0. The van der Waals surface area contributed by atoms with Crippen molar-refractivity contribution >= 4 is 35.1 Å². The lowest BCUT2D eigenvalue weighted by atomic mass is 10.1.